The molecule has 96 valence electrons. The van der Waals surface area contributed by atoms with Gasteiger partial charge in [0.25, 0.3) is 0 Å². The van der Waals surface area contributed by atoms with Crippen LogP contribution in [0.25, 0.3) is 0 Å². The lowest BCUT2D eigenvalue weighted by atomic mass is 9.94. The number of ether oxygens (including phenoxy) is 2. The SMILES string of the molecule is CCCC(CS)COC1CCCC(OC)C1. The average Bonchev–Trinajstić information content (AvgIpc) is 2.34. The number of methoxy groups -OCH3 is 1. The van der Waals surface area contributed by atoms with Gasteiger partial charge in [-0.3, -0.25) is 0 Å². The number of hydrogen-bond acceptors (Lipinski definition) is 3. The largest absolute Gasteiger partial charge is 0.381 e. The molecule has 3 unspecified atom stereocenters. The zero-order valence-corrected chi connectivity index (χ0v) is 11.5. The molecule has 0 aromatic carbocycles. The van der Waals surface area contributed by atoms with Crippen molar-refractivity contribution in [2.75, 3.05) is 19.5 Å². The van der Waals surface area contributed by atoms with Crippen LogP contribution in [0, 0.1) is 5.92 Å². The molecule has 0 saturated heterocycles. The highest BCUT2D eigenvalue weighted by molar-refractivity contribution is 7.80. The standard InChI is InChI=1S/C13H26O2S/c1-3-5-11(10-16)9-15-13-7-4-6-12(8-13)14-2/h11-13,16H,3-10H2,1-2H3. The Balaban J connectivity index is 2.20. The molecule has 0 aromatic rings. The predicted octanol–water partition coefficient (Wildman–Crippen LogP) is 3.31. The summed E-state index contributed by atoms with van der Waals surface area (Å²) in [5.74, 6) is 1.56. The smallest absolute Gasteiger partial charge is 0.0600 e. The van der Waals surface area contributed by atoms with Gasteiger partial charge in [0.2, 0.25) is 0 Å². The highest BCUT2D eigenvalue weighted by Crippen LogP contribution is 2.24. The summed E-state index contributed by atoms with van der Waals surface area (Å²) in [7, 11) is 1.81. The summed E-state index contributed by atoms with van der Waals surface area (Å²) in [4.78, 5) is 0. The second-order valence-corrected chi connectivity index (χ2v) is 5.18. The first kappa shape index (κ1) is 14.3. The topological polar surface area (TPSA) is 18.5 Å². The maximum atomic E-state index is 5.99. The van der Waals surface area contributed by atoms with E-state index >= 15 is 0 Å². The van der Waals surface area contributed by atoms with Gasteiger partial charge in [0.15, 0.2) is 0 Å². The Bertz CT molecular complexity index is 175. The summed E-state index contributed by atoms with van der Waals surface area (Å²) in [6.45, 7) is 3.09. The lowest BCUT2D eigenvalue weighted by molar-refractivity contribution is -0.0386. The van der Waals surface area contributed by atoms with Crippen molar-refractivity contribution in [3.63, 3.8) is 0 Å². The van der Waals surface area contributed by atoms with Gasteiger partial charge >= 0.3 is 0 Å². The number of hydrogen-bond donors (Lipinski definition) is 1. The van der Waals surface area contributed by atoms with E-state index in [1.165, 1.54) is 32.1 Å². The molecule has 0 aromatic heterocycles. The molecule has 1 saturated carbocycles. The molecule has 0 radical (unpaired) electrons. The van der Waals surface area contributed by atoms with E-state index in [0.29, 0.717) is 18.1 Å². The fourth-order valence-corrected chi connectivity index (χ4v) is 2.66. The fourth-order valence-electron chi connectivity index (χ4n) is 2.38. The minimum atomic E-state index is 0.415. The highest BCUT2D eigenvalue weighted by atomic mass is 32.1. The minimum absolute atomic E-state index is 0.415. The molecule has 0 bridgehead atoms. The quantitative estimate of drug-likeness (QED) is 0.695. The van der Waals surface area contributed by atoms with Gasteiger partial charge in [-0.25, -0.2) is 0 Å². The Morgan fingerprint density at radius 3 is 2.69 bits per heavy atom. The van der Waals surface area contributed by atoms with Crippen molar-refractivity contribution in [3.05, 3.63) is 0 Å². The maximum absolute atomic E-state index is 5.99. The van der Waals surface area contributed by atoms with Gasteiger partial charge in [-0.15, -0.1) is 0 Å². The third-order valence-electron chi connectivity index (χ3n) is 3.43. The first-order valence-corrected chi connectivity index (χ1v) is 7.18. The molecule has 0 amide bonds. The molecule has 0 N–H and O–H groups in total. The van der Waals surface area contributed by atoms with Gasteiger partial charge in [-0.2, -0.15) is 12.6 Å². The molecule has 0 heterocycles. The zero-order valence-electron chi connectivity index (χ0n) is 10.7. The van der Waals surface area contributed by atoms with Crippen molar-refractivity contribution in [1.82, 2.24) is 0 Å². The van der Waals surface area contributed by atoms with Crippen LogP contribution >= 0.6 is 12.6 Å². The van der Waals surface area contributed by atoms with Crippen LogP contribution in [0.15, 0.2) is 0 Å². The molecule has 2 nitrogen and oxygen atoms in total. The molecular weight excluding hydrogens is 220 g/mol. The van der Waals surface area contributed by atoms with E-state index in [4.69, 9.17) is 9.47 Å². The Morgan fingerprint density at radius 2 is 2.06 bits per heavy atom. The van der Waals surface area contributed by atoms with Gasteiger partial charge in [0.1, 0.15) is 0 Å². The monoisotopic (exact) mass is 246 g/mol. The van der Waals surface area contributed by atoms with Crippen LogP contribution in [0.2, 0.25) is 0 Å². The van der Waals surface area contributed by atoms with Crippen molar-refractivity contribution in [2.45, 2.75) is 57.7 Å². The van der Waals surface area contributed by atoms with E-state index in [1.54, 1.807) is 7.11 Å². The first-order chi connectivity index (χ1) is 7.80. The summed E-state index contributed by atoms with van der Waals surface area (Å²) in [5, 5.41) is 0. The van der Waals surface area contributed by atoms with Crippen LogP contribution in [-0.4, -0.2) is 31.7 Å². The van der Waals surface area contributed by atoms with Gasteiger partial charge in [0, 0.05) is 7.11 Å². The van der Waals surface area contributed by atoms with E-state index in [2.05, 4.69) is 19.6 Å². The lowest BCUT2D eigenvalue weighted by Gasteiger charge is -2.29. The van der Waals surface area contributed by atoms with Gasteiger partial charge in [0.05, 0.1) is 18.8 Å². The Kier molecular flexibility index (Phi) is 7.50. The van der Waals surface area contributed by atoms with E-state index in [9.17, 15) is 0 Å². The number of rotatable bonds is 7. The molecule has 1 fully saturated rings. The van der Waals surface area contributed by atoms with Crippen LogP contribution in [0.3, 0.4) is 0 Å². The summed E-state index contributed by atoms with van der Waals surface area (Å²) in [6.07, 6.45) is 7.98. The second kappa shape index (κ2) is 8.37. The average molecular weight is 246 g/mol. The summed E-state index contributed by atoms with van der Waals surface area (Å²) in [5.41, 5.74) is 0. The van der Waals surface area contributed by atoms with Crippen LogP contribution in [-0.2, 0) is 9.47 Å². The van der Waals surface area contributed by atoms with E-state index in [-0.39, 0.29) is 0 Å². The van der Waals surface area contributed by atoms with Crippen LogP contribution < -0.4 is 0 Å². The third kappa shape index (κ3) is 5.07. The molecule has 0 aliphatic heterocycles. The maximum Gasteiger partial charge on any atom is 0.0600 e. The second-order valence-electron chi connectivity index (χ2n) is 4.82. The molecule has 3 heteroatoms. The first-order valence-electron chi connectivity index (χ1n) is 6.55. The molecule has 1 aliphatic carbocycles. The van der Waals surface area contributed by atoms with Gasteiger partial charge < -0.3 is 9.47 Å². The van der Waals surface area contributed by atoms with Crippen LogP contribution in [0.5, 0.6) is 0 Å². The van der Waals surface area contributed by atoms with E-state index in [0.717, 1.165) is 18.8 Å². The summed E-state index contributed by atoms with van der Waals surface area (Å²) >= 11 is 4.38. The molecule has 16 heavy (non-hydrogen) atoms. The molecule has 3 atom stereocenters. The third-order valence-corrected chi connectivity index (χ3v) is 3.95. The van der Waals surface area contributed by atoms with Crippen molar-refractivity contribution in [3.8, 4) is 0 Å². The summed E-state index contributed by atoms with van der Waals surface area (Å²) in [6, 6.07) is 0. The Hall–Kier alpha value is 0.270. The summed E-state index contributed by atoms with van der Waals surface area (Å²) < 4.78 is 11.4. The van der Waals surface area contributed by atoms with E-state index in [1.807, 2.05) is 0 Å². The highest BCUT2D eigenvalue weighted by Gasteiger charge is 2.22. The van der Waals surface area contributed by atoms with Crippen molar-refractivity contribution < 1.29 is 9.47 Å². The van der Waals surface area contributed by atoms with Crippen molar-refractivity contribution in [2.24, 2.45) is 5.92 Å². The van der Waals surface area contributed by atoms with E-state index < -0.39 is 0 Å². The Labute approximate surface area is 105 Å². The van der Waals surface area contributed by atoms with Gasteiger partial charge in [-0.05, 0) is 43.8 Å². The minimum Gasteiger partial charge on any atom is -0.381 e. The normalized spacial score (nSPS) is 27.9. The molecule has 1 aliphatic rings. The zero-order chi connectivity index (χ0) is 11.8. The molecule has 0 spiro atoms. The molecule has 1 rings (SSSR count). The van der Waals surface area contributed by atoms with Crippen molar-refractivity contribution >= 4 is 12.6 Å². The Morgan fingerprint density at radius 1 is 1.31 bits per heavy atom. The predicted molar refractivity (Wildman–Crippen MR) is 71.3 cm³/mol. The number of thiol groups is 1. The fraction of sp³-hybridized carbons (Fsp3) is 1.00. The molecular formula is C13H26O2S. The lowest BCUT2D eigenvalue weighted by Crippen LogP contribution is -2.29. The van der Waals surface area contributed by atoms with Crippen molar-refractivity contribution in [1.29, 1.82) is 0 Å². The van der Waals surface area contributed by atoms with Crippen LogP contribution in [0.1, 0.15) is 45.4 Å². The van der Waals surface area contributed by atoms with Crippen LogP contribution in [0.4, 0.5) is 0 Å². The van der Waals surface area contributed by atoms with Gasteiger partial charge in [-0.1, -0.05) is 13.3 Å².